The smallest absolute Gasteiger partial charge is 0.406 e. The van der Waals surface area contributed by atoms with Crippen LogP contribution in [0.3, 0.4) is 0 Å². The average Bonchev–Trinajstić information content (AvgIpc) is 2.80. The topological polar surface area (TPSA) is 38.2 Å². The molecule has 1 fully saturated rings. The number of para-hydroxylation sites is 2. The Labute approximate surface area is 207 Å². The minimum Gasteiger partial charge on any atom is -0.406 e. The lowest BCUT2D eigenvalue weighted by molar-refractivity contribution is -0.274. The van der Waals surface area contributed by atoms with Crippen molar-refractivity contribution in [1.82, 2.24) is 9.97 Å². The highest BCUT2D eigenvalue weighted by Crippen LogP contribution is 2.27. The van der Waals surface area contributed by atoms with E-state index in [4.69, 9.17) is 0 Å². The number of aryl methyl sites for hydroxylation is 2. The fourth-order valence-corrected chi connectivity index (χ4v) is 3.96. The van der Waals surface area contributed by atoms with Crippen molar-refractivity contribution < 1.29 is 17.9 Å². The first kappa shape index (κ1) is 28.4. The monoisotopic (exact) mass is 489 g/mol. The summed E-state index contributed by atoms with van der Waals surface area (Å²) in [5.41, 5.74) is 1.56. The number of hydrogen-bond acceptors (Lipinski definition) is 4. The summed E-state index contributed by atoms with van der Waals surface area (Å²) in [5.74, 6) is 3.72. The first-order valence-electron chi connectivity index (χ1n) is 12.2. The van der Waals surface area contributed by atoms with Crippen LogP contribution in [0.25, 0.3) is 10.9 Å². The third-order valence-electron chi connectivity index (χ3n) is 6.00. The Morgan fingerprint density at radius 2 is 1.43 bits per heavy atom. The molecule has 0 bridgehead atoms. The van der Waals surface area contributed by atoms with Gasteiger partial charge < -0.3 is 9.64 Å². The van der Waals surface area contributed by atoms with Gasteiger partial charge in [-0.3, -0.25) is 0 Å². The standard InChI is InChI=1S/C11H13N3.C9H9F3O.C8H16/c1-8-12-10-7-5-4-6-9(10)11(13-8)14(2)3;1-2-7-5-3-4-6-8(7)13-9(10,11)12;1-7-3-5-8(2)6-4-7/h4-7H,1-3H3;3-6H,2H2,1H3;7-8H,3-6H2,1-2H3. The molecule has 192 valence electrons. The van der Waals surface area contributed by atoms with E-state index in [0.29, 0.717) is 12.0 Å². The summed E-state index contributed by atoms with van der Waals surface area (Å²) in [7, 11) is 3.99. The van der Waals surface area contributed by atoms with E-state index >= 15 is 0 Å². The molecule has 0 unspecified atom stereocenters. The van der Waals surface area contributed by atoms with E-state index in [1.165, 1.54) is 37.8 Å². The molecular weight excluding hydrogens is 451 g/mol. The van der Waals surface area contributed by atoms with E-state index in [9.17, 15) is 13.2 Å². The van der Waals surface area contributed by atoms with Crippen molar-refractivity contribution >= 4 is 16.7 Å². The maximum atomic E-state index is 11.8. The quantitative estimate of drug-likeness (QED) is 0.374. The number of anilines is 1. The second kappa shape index (κ2) is 13.3. The second-order valence-corrected chi connectivity index (χ2v) is 9.38. The van der Waals surface area contributed by atoms with Crippen LogP contribution in [-0.2, 0) is 6.42 Å². The van der Waals surface area contributed by atoms with Crippen molar-refractivity contribution in [3.63, 3.8) is 0 Å². The Balaban J connectivity index is 0.000000192. The van der Waals surface area contributed by atoms with Gasteiger partial charge in [-0.15, -0.1) is 13.2 Å². The van der Waals surface area contributed by atoms with Crippen LogP contribution in [0.1, 0.15) is 57.8 Å². The van der Waals surface area contributed by atoms with Gasteiger partial charge in [-0.1, -0.05) is 76.8 Å². The molecule has 4 rings (SSSR count). The molecule has 1 aliphatic carbocycles. The highest BCUT2D eigenvalue weighted by molar-refractivity contribution is 5.89. The van der Waals surface area contributed by atoms with E-state index in [1.54, 1.807) is 19.1 Å². The van der Waals surface area contributed by atoms with Crippen LogP contribution in [0, 0.1) is 18.8 Å². The van der Waals surface area contributed by atoms with Crippen LogP contribution in [0.5, 0.6) is 5.75 Å². The third-order valence-corrected chi connectivity index (χ3v) is 6.00. The van der Waals surface area contributed by atoms with Crippen molar-refractivity contribution in [2.45, 2.75) is 66.2 Å². The van der Waals surface area contributed by atoms with Crippen LogP contribution < -0.4 is 9.64 Å². The van der Waals surface area contributed by atoms with Gasteiger partial charge in [0.2, 0.25) is 0 Å². The van der Waals surface area contributed by atoms with Crippen molar-refractivity contribution in [2.75, 3.05) is 19.0 Å². The summed E-state index contributed by atoms with van der Waals surface area (Å²) in [6.45, 7) is 8.43. The molecule has 1 aromatic heterocycles. The highest BCUT2D eigenvalue weighted by atomic mass is 19.4. The Morgan fingerprint density at radius 3 is 1.97 bits per heavy atom. The van der Waals surface area contributed by atoms with Crippen LogP contribution in [0.4, 0.5) is 19.0 Å². The number of benzene rings is 2. The maximum Gasteiger partial charge on any atom is 0.573 e. The predicted molar refractivity (Wildman–Crippen MR) is 138 cm³/mol. The molecule has 3 aromatic rings. The van der Waals surface area contributed by atoms with Gasteiger partial charge in [0.25, 0.3) is 0 Å². The second-order valence-electron chi connectivity index (χ2n) is 9.38. The molecule has 0 N–H and O–H groups in total. The summed E-state index contributed by atoms with van der Waals surface area (Å²) in [4.78, 5) is 10.8. The number of fused-ring (bicyclic) bond motifs is 1. The van der Waals surface area contributed by atoms with Crippen molar-refractivity contribution in [1.29, 1.82) is 0 Å². The van der Waals surface area contributed by atoms with Gasteiger partial charge >= 0.3 is 6.36 Å². The van der Waals surface area contributed by atoms with Gasteiger partial charge in [0, 0.05) is 19.5 Å². The van der Waals surface area contributed by atoms with Gasteiger partial charge in [0.1, 0.15) is 17.4 Å². The molecule has 0 radical (unpaired) electrons. The lowest BCUT2D eigenvalue weighted by Gasteiger charge is -2.22. The fourth-order valence-electron chi connectivity index (χ4n) is 3.96. The van der Waals surface area contributed by atoms with Crippen LogP contribution >= 0.6 is 0 Å². The molecule has 7 heteroatoms. The van der Waals surface area contributed by atoms with E-state index in [0.717, 1.165) is 34.4 Å². The van der Waals surface area contributed by atoms with Gasteiger partial charge in [0.15, 0.2) is 0 Å². The Kier molecular flexibility index (Phi) is 10.8. The molecule has 1 saturated carbocycles. The molecule has 2 aromatic carbocycles. The molecule has 0 aliphatic heterocycles. The van der Waals surface area contributed by atoms with Crippen LogP contribution in [-0.4, -0.2) is 30.4 Å². The van der Waals surface area contributed by atoms with Gasteiger partial charge in [-0.05, 0) is 48.9 Å². The fraction of sp³-hybridized carbons (Fsp3) is 0.500. The summed E-state index contributed by atoms with van der Waals surface area (Å²) in [6.07, 6.45) is 1.81. The van der Waals surface area contributed by atoms with Gasteiger partial charge in [-0.25, -0.2) is 9.97 Å². The summed E-state index contributed by atoms with van der Waals surface area (Å²) in [5, 5.41) is 1.10. The average molecular weight is 490 g/mol. The summed E-state index contributed by atoms with van der Waals surface area (Å²) in [6, 6.07) is 14.2. The molecule has 4 nitrogen and oxygen atoms in total. The largest absolute Gasteiger partial charge is 0.573 e. The minimum atomic E-state index is -4.61. The number of halogens is 3. The van der Waals surface area contributed by atoms with Gasteiger partial charge in [0.05, 0.1) is 5.52 Å². The van der Waals surface area contributed by atoms with Crippen molar-refractivity contribution in [2.24, 2.45) is 11.8 Å². The molecule has 0 saturated heterocycles. The molecule has 1 heterocycles. The number of nitrogens with zero attached hydrogens (tertiary/aromatic N) is 3. The van der Waals surface area contributed by atoms with Crippen LogP contribution in [0.15, 0.2) is 48.5 Å². The number of aromatic nitrogens is 2. The molecule has 0 amide bonds. The zero-order valence-corrected chi connectivity index (χ0v) is 21.7. The van der Waals surface area contributed by atoms with Crippen molar-refractivity contribution in [3.8, 4) is 5.75 Å². The molecule has 0 atom stereocenters. The predicted octanol–water partition coefficient (Wildman–Crippen LogP) is 7.98. The van der Waals surface area contributed by atoms with Crippen LogP contribution in [0.2, 0.25) is 0 Å². The first-order chi connectivity index (χ1) is 16.5. The molecular formula is C28H38F3N3O. The van der Waals surface area contributed by atoms with Crippen molar-refractivity contribution in [3.05, 3.63) is 59.9 Å². The lowest BCUT2D eigenvalue weighted by Crippen LogP contribution is -2.17. The number of alkyl halides is 3. The molecule has 0 spiro atoms. The number of hydrogen-bond donors (Lipinski definition) is 0. The Morgan fingerprint density at radius 1 is 0.886 bits per heavy atom. The lowest BCUT2D eigenvalue weighted by atomic mass is 9.84. The number of rotatable bonds is 3. The zero-order valence-electron chi connectivity index (χ0n) is 21.7. The summed E-state index contributed by atoms with van der Waals surface area (Å²) >= 11 is 0. The minimum absolute atomic E-state index is 0.113. The SMILES string of the molecule is CC1CCC(C)CC1.CCc1ccccc1OC(F)(F)F.Cc1nc(N(C)C)c2ccccc2n1. The highest BCUT2D eigenvalue weighted by Gasteiger charge is 2.31. The Hall–Kier alpha value is -2.83. The molecule has 35 heavy (non-hydrogen) atoms. The van der Waals surface area contributed by atoms with E-state index in [-0.39, 0.29) is 5.75 Å². The zero-order chi connectivity index (χ0) is 26.0. The van der Waals surface area contributed by atoms with E-state index in [1.807, 2.05) is 50.2 Å². The summed E-state index contributed by atoms with van der Waals surface area (Å²) < 4.78 is 39.3. The number of ether oxygens (including phenoxy) is 1. The normalized spacial score (nSPS) is 17.5. The molecule has 1 aliphatic rings. The van der Waals surface area contributed by atoms with Gasteiger partial charge in [-0.2, -0.15) is 0 Å². The maximum absolute atomic E-state index is 11.8. The third kappa shape index (κ3) is 9.74. The van der Waals surface area contributed by atoms with E-state index in [2.05, 4.69) is 28.6 Å². The first-order valence-corrected chi connectivity index (χ1v) is 12.2. The Bertz CT molecular complexity index is 1040. The van der Waals surface area contributed by atoms with E-state index < -0.39 is 6.36 Å².